The summed E-state index contributed by atoms with van der Waals surface area (Å²) in [7, 11) is 0. The first-order valence-corrected chi connectivity index (χ1v) is 6.13. The first-order chi connectivity index (χ1) is 9.11. The van der Waals surface area contributed by atoms with Crippen molar-refractivity contribution in [3.05, 3.63) is 27.0 Å². The fraction of sp³-hybridized carbons (Fsp3) is 0.455. The third kappa shape index (κ3) is 3.25. The molecule has 0 bridgehead atoms. The molecule has 1 rings (SSSR count). The highest BCUT2D eigenvalue weighted by atomic mass is 79.9. The van der Waals surface area contributed by atoms with Crippen LogP contribution in [0.25, 0.3) is 0 Å². The number of pyridine rings is 1. The average Bonchev–Trinajstić information content (AvgIpc) is 2.30. The zero-order valence-electron chi connectivity index (χ0n) is 10.3. The van der Waals surface area contributed by atoms with E-state index in [0.29, 0.717) is 0 Å². The summed E-state index contributed by atoms with van der Waals surface area (Å²) in [6, 6.07) is 0. The van der Waals surface area contributed by atoms with Gasteiger partial charge in [-0.25, -0.2) is 18.6 Å². The molecule has 0 aliphatic rings. The lowest BCUT2D eigenvalue weighted by molar-refractivity contribution is -0.142. The summed E-state index contributed by atoms with van der Waals surface area (Å²) in [5, 5.41) is 0. The van der Waals surface area contributed by atoms with Crippen molar-refractivity contribution in [2.75, 3.05) is 6.61 Å². The Morgan fingerprint density at radius 3 is 2.35 bits per heavy atom. The largest absolute Gasteiger partial charge is 0.462 e. The molecular weight excluding hydrogens is 353 g/mol. The molecule has 0 saturated heterocycles. The van der Waals surface area contributed by atoms with Crippen LogP contribution in [0.3, 0.4) is 0 Å². The van der Waals surface area contributed by atoms with Crippen LogP contribution in [0.5, 0.6) is 0 Å². The van der Waals surface area contributed by atoms with Crippen LogP contribution in [0.4, 0.5) is 22.0 Å². The SMILES string of the molecule is CCOC(=O)c1c(C(F)(F)F)nc(C(F)F)c(Br)c1C. The molecule has 0 atom stereocenters. The molecule has 0 aliphatic heterocycles. The number of esters is 1. The van der Waals surface area contributed by atoms with Crippen molar-refractivity contribution in [3.8, 4) is 0 Å². The quantitative estimate of drug-likeness (QED) is 0.595. The van der Waals surface area contributed by atoms with Crippen molar-refractivity contribution < 1.29 is 31.5 Å². The third-order valence-corrected chi connectivity index (χ3v) is 3.35. The maximum Gasteiger partial charge on any atom is 0.434 e. The van der Waals surface area contributed by atoms with E-state index in [1.54, 1.807) is 0 Å². The first-order valence-electron chi connectivity index (χ1n) is 5.33. The molecule has 9 heteroatoms. The van der Waals surface area contributed by atoms with Crippen LogP contribution in [0, 0.1) is 6.92 Å². The van der Waals surface area contributed by atoms with Crippen LogP contribution >= 0.6 is 15.9 Å². The summed E-state index contributed by atoms with van der Waals surface area (Å²) in [4.78, 5) is 14.5. The van der Waals surface area contributed by atoms with Gasteiger partial charge in [0.1, 0.15) is 5.69 Å². The van der Waals surface area contributed by atoms with E-state index < -0.39 is 35.5 Å². The summed E-state index contributed by atoms with van der Waals surface area (Å²) < 4.78 is 68.2. The molecule has 0 spiro atoms. The Balaban J connectivity index is 3.64. The fourth-order valence-electron chi connectivity index (χ4n) is 1.51. The normalized spacial score (nSPS) is 11.8. The van der Waals surface area contributed by atoms with Crippen molar-refractivity contribution in [2.24, 2.45) is 0 Å². The maximum atomic E-state index is 12.9. The second kappa shape index (κ2) is 6.02. The van der Waals surface area contributed by atoms with Crippen molar-refractivity contribution in [1.82, 2.24) is 4.98 Å². The lowest BCUT2D eigenvalue weighted by Gasteiger charge is -2.17. The highest BCUT2D eigenvalue weighted by Crippen LogP contribution is 2.38. The molecule has 3 nitrogen and oxygen atoms in total. The highest BCUT2D eigenvalue weighted by molar-refractivity contribution is 9.10. The van der Waals surface area contributed by atoms with Crippen molar-refractivity contribution in [2.45, 2.75) is 26.4 Å². The number of hydrogen-bond acceptors (Lipinski definition) is 3. The van der Waals surface area contributed by atoms with Gasteiger partial charge in [-0.15, -0.1) is 0 Å². The van der Waals surface area contributed by atoms with Crippen LogP contribution in [0.15, 0.2) is 4.47 Å². The average molecular weight is 362 g/mol. The molecule has 0 N–H and O–H groups in total. The second-order valence-corrected chi connectivity index (χ2v) is 4.47. The predicted octanol–water partition coefficient (Wildman–Crippen LogP) is 4.29. The summed E-state index contributed by atoms with van der Waals surface area (Å²) in [5.41, 5.74) is -3.90. The van der Waals surface area contributed by atoms with E-state index in [1.807, 2.05) is 0 Å². The number of carbonyl (C=O) groups is 1. The summed E-state index contributed by atoms with van der Waals surface area (Å²) in [6.45, 7) is 2.37. The lowest BCUT2D eigenvalue weighted by atomic mass is 10.1. The van der Waals surface area contributed by atoms with Gasteiger partial charge in [0.15, 0.2) is 5.69 Å². The van der Waals surface area contributed by atoms with Gasteiger partial charge in [0.2, 0.25) is 0 Å². The standard InChI is InChI=1S/C11H9BrF5NO2/c1-3-20-10(19)5-4(2)6(12)7(9(13)14)18-8(5)11(15,16)17/h9H,3H2,1-2H3. The van der Waals surface area contributed by atoms with Crippen molar-refractivity contribution in [1.29, 1.82) is 0 Å². The molecule has 0 amide bonds. The minimum atomic E-state index is -5.04. The molecule has 0 unspecified atom stereocenters. The molecule has 0 aliphatic carbocycles. The predicted molar refractivity (Wildman–Crippen MR) is 62.6 cm³/mol. The number of aromatic nitrogens is 1. The van der Waals surface area contributed by atoms with Gasteiger partial charge in [-0.05, 0) is 35.3 Å². The van der Waals surface area contributed by atoms with Gasteiger partial charge in [-0.2, -0.15) is 13.2 Å². The number of nitrogens with zero attached hydrogens (tertiary/aromatic N) is 1. The lowest BCUT2D eigenvalue weighted by Crippen LogP contribution is -2.20. The van der Waals surface area contributed by atoms with E-state index in [1.165, 1.54) is 6.92 Å². The van der Waals surface area contributed by atoms with Crippen molar-refractivity contribution >= 4 is 21.9 Å². The van der Waals surface area contributed by atoms with Crippen LogP contribution in [-0.2, 0) is 10.9 Å². The van der Waals surface area contributed by atoms with E-state index in [-0.39, 0.29) is 16.6 Å². The number of rotatable bonds is 3. The van der Waals surface area contributed by atoms with Crippen molar-refractivity contribution in [3.63, 3.8) is 0 Å². The maximum absolute atomic E-state index is 12.9. The molecule has 0 radical (unpaired) electrons. The number of ether oxygens (including phenoxy) is 1. The van der Waals surface area contributed by atoms with Crippen LogP contribution in [-0.4, -0.2) is 17.6 Å². The van der Waals surface area contributed by atoms with E-state index in [0.717, 1.165) is 6.92 Å². The molecule has 1 aromatic rings. The van der Waals surface area contributed by atoms with Crippen LogP contribution < -0.4 is 0 Å². The Hall–Kier alpha value is -1.25. The number of hydrogen-bond donors (Lipinski definition) is 0. The molecule has 0 fully saturated rings. The van der Waals surface area contributed by atoms with Crippen LogP contribution in [0.2, 0.25) is 0 Å². The zero-order valence-corrected chi connectivity index (χ0v) is 11.9. The molecule has 1 aromatic heterocycles. The fourth-order valence-corrected chi connectivity index (χ4v) is 1.97. The van der Waals surface area contributed by atoms with Gasteiger partial charge in [0.25, 0.3) is 6.43 Å². The molecular formula is C11H9BrF5NO2. The van der Waals surface area contributed by atoms with Gasteiger partial charge in [-0.1, -0.05) is 0 Å². The Morgan fingerprint density at radius 1 is 1.40 bits per heavy atom. The van der Waals surface area contributed by atoms with Gasteiger partial charge in [0.05, 0.1) is 12.2 Å². The second-order valence-electron chi connectivity index (χ2n) is 3.68. The minimum Gasteiger partial charge on any atom is -0.462 e. The molecule has 20 heavy (non-hydrogen) atoms. The summed E-state index contributed by atoms with van der Waals surface area (Å²) >= 11 is 2.73. The molecule has 0 saturated carbocycles. The van der Waals surface area contributed by atoms with E-state index in [9.17, 15) is 26.7 Å². The van der Waals surface area contributed by atoms with Crippen LogP contribution in [0.1, 0.15) is 40.7 Å². The Bertz CT molecular complexity index is 531. The summed E-state index contributed by atoms with van der Waals surface area (Å²) in [5.74, 6) is -1.26. The Morgan fingerprint density at radius 2 is 1.95 bits per heavy atom. The number of halogens is 6. The van der Waals surface area contributed by atoms with E-state index >= 15 is 0 Å². The smallest absolute Gasteiger partial charge is 0.434 e. The first kappa shape index (κ1) is 16.8. The third-order valence-electron chi connectivity index (χ3n) is 2.35. The highest BCUT2D eigenvalue weighted by Gasteiger charge is 2.40. The van der Waals surface area contributed by atoms with Gasteiger partial charge in [-0.3, -0.25) is 0 Å². The molecule has 0 aromatic carbocycles. The van der Waals surface area contributed by atoms with E-state index in [4.69, 9.17) is 0 Å². The number of carbonyl (C=O) groups excluding carboxylic acids is 1. The van der Waals surface area contributed by atoms with Gasteiger partial charge in [0, 0.05) is 4.47 Å². The summed E-state index contributed by atoms with van der Waals surface area (Å²) in [6.07, 6.45) is -8.25. The Kier molecular flexibility index (Phi) is 5.06. The van der Waals surface area contributed by atoms with Gasteiger partial charge >= 0.3 is 12.1 Å². The minimum absolute atomic E-state index is 0.149. The monoisotopic (exact) mass is 361 g/mol. The zero-order chi connectivity index (χ0) is 15.7. The topological polar surface area (TPSA) is 39.2 Å². The van der Waals surface area contributed by atoms with Gasteiger partial charge < -0.3 is 4.74 Å². The molecule has 1 heterocycles. The molecule has 112 valence electrons. The Labute approximate surface area is 119 Å². The van der Waals surface area contributed by atoms with E-state index in [2.05, 4.69) is 25.7 Å². The number of alkyl halides is 5.